The number of carbonyl (C=O) groups excluding carboxylic acids is 1. The zero-order chi connectivity index (χ0) is 15.5. The Bertz CT molecular complexity index is 601. The molecule has 1 N–H and O–H groups in total. The molecule has 1 saturated heterocycles. The lowest BCUT2D eigenvalue weighted by molar-refractivity contribution is -0.122. The molecule has 0 unspecified atom stereocenters. The highest BCUT2D eigenvalue weighted by molar-refractivity contribution is 7.91. The number of nitrogens with one attached hydrogen (secondary N) is 1. The van der Waals surface area contributed by atoms with E-state index in [-0.39, 0.29) is 35.8 Å². The SMILES string of the molecule is CN(CC(=O)NCc1ccc(F)cc1)[C@@H]1CCS(=O)(=O)C1. The van der Waals surface area contributed by atoms with Crippen molar-refractivity contribution in [2.45, 2.75) is 19.0 Å². The number of benzene rings is 1. The van der Waals surface area contributed by atoms with Gasteiger partial charge in [-0.15, -0.1) is 0 Å². The fraction of sp³-hybridized carbons (Fsp3) is 0.500. The number of carbonyl (C=O) groups is 1. The van der Waals surface area contributed by atoms with Crippen molar-refractivity contribution < 1.29 is 17.6 Å². The predicted octanol–water partition coefficient (Wildman–Crippen LogP) is 0.561. The van der Waals surface area contributed by atoms with Crippen LogP contribution >= 0.6 is 0 Å². The molecule has 0 radical (unpaired) electrons. The van der Waals surface area contributed by atoms with E-state index >= 15 is 0 Å². The lowest BCUT2D eigenvalue weighted by atomic mass is 10.2. The molecule has 1 atom stereocenters. The van der Waals surface area contributed by atoms with Crippen LogP contribution < -0.4 is 5.32 Å². The molecule has 1 amide bonds. The minimum Gasteiger partial charge on any atom is -0.351 e. The Morgan fingerprint density at radius 1 is 1.38 bits per heavy atom. The monoisotopic (exact) mass is 314 g/mol. The molecule has 2 rings (SSSR count). The summed E-state index contributed by atoms with van der Waals surface area (Å²) >= 11 is 0. The van der Waals surface area contributed by atoms with E-state index < -0.39 is 9.84 Å². The van der Waals surface area contributed by atoms with Gasteiger partial charge in [0.1, 0.15) is 5.82 Å². The fourth-order valence-corrected chi connectivity index (χ4v) is 4.14. The Morgan fingerprint density at radius 2 is 2.05 bits per heavy atom. The number of sulfone groups is 1. The van der Waals surface area contributed by atoms with Crippen molar-refractivity contribution in [2.75, 3.05) is 25.1 Å². The van der Waals surface area contributed by atoms with Crippen LogP contribution in [0, 0.1) is 5.82 Å². The first-order valence-corrected chi connectivity index (χ1v) is 8.60. The lowest BCUT2D eigenvalue weighted by Gasteiger charge is -2.22. The highest BCUT2D eigenvalue weighted by Crippen LogP contribution is 2.16. The molecule has 0 spiro atoms. The minimum atomic E-state index is -2.94. The van der Waals surface area contributed by atoms with Crippen LogP contribution in [-0.2, 0) is 21.2 Å². The Morgan fingerprint density at radius 3 is 2.62 bits per heavy atom. The number of halogens is 1. The average molecular weight is 314 g/mol. The molecule has 1 aromatic rings. The molecule has 0 bridgehead atoms. The van der Waals surface area contributed by atoms with Gasteiger partial charge in [-0.1, -0.05) is 12.1 Å². The van der Waals surface area contributed by atoms with Crippen molar-refractivity contribution in [3.8, 4) is 0 Å². The summed E-state index contributed by atoms with van der Waals surface area (Å²) in [7, 11) is -1.19. The van der Waals surface area contributed by atoms with Gasteiger partial charge in [0.05, 0.1) is 18.1 Å². The van der Waals surface area contributed by atoms with Crippen LogP contribution in [0.1, 0.15) is 12.0 Å². The van der Waals surface area contributed by atoms with Gasteiger partial charge in [0.25, 0.3) is 0 Å². The normalized spacial score (nSPS) is 20.6. The zero-order valence-electron chi connectivity index (χ0n) is 11.9. The van der Waals surface area contributed by atoms with Crippen molar-refractivity contribution in [3.63, 3.8) is 0 Å². The molecule has 116 valence electrons. The smallest absolute Gasteiger partial charge is 0.234 e. The van der Waals surface area contributed by atoms with E-state index in [1.165, 1.54) is 12.1 Å². The van der Waals surface area contributed by atoms with Crippen LogP contribution in [0.5, 0.6) is 0 Å². The van der Waals surface area contributed by atoms with Gasteiger partial charge in [-0.05, 0) is 31.2 Å². The van der Waals surface area contributed by atoms with E-state index in [0.717, 1.165) is 5.56 Å². The first kappa shape index (κ1) is 15.9. The minimum absolute atomic E-state index is 0.0911. The standard InChI is InChI=1S/C14H19FN2O3S/c1-17(13-6-7-21(19,20)10-13)9-14(18)16-8-11-2-4-12(15)5-3-11/h2-5,13H,6-10H2,1H3,(H,16,18)/t13-/m1/s1. The number of nitrogens with zero attached hydrogens (tertiary/aromatic N) is 1. The Balaban J connectivity index is 1.78. The maximum Gasteiger partial charge on any atom is 0.234 e. The summed E-state index contributed by atoms with van der Waals surface area (Å²) in [6.45, 7) is 0.483. The van der Waals surface area contributed by atoms with Crippen LogP contribution in [0.4, 0.5) is 4.39 Å². The molecule has 0 aromatic heterocycles. The van der Waals surface area contributed by atoms with Crippen molar-refractivity contribution in [3.05, 3.63) is 35.6 Å². The fourth-order valence-electron chi connectivity index (χ4n) is 2.34. The molecule has 1 heterocycles. The van der Waals surface area contributed by atoms with Gasteiger partial charge in [0.2, 0.25) is 5.91 Å². The summed E-state index contributed by atoms with van der Waals surface area (Å²) < 4.78 is 35.6. The molecule has 0 saturated carbocycles. The van der Waals surface area contributed by atoms with Gasteiger partial charge in [-0.25, -0.2) is 12.8 Å². The van der Waals surface area contributed by atoms with Crippen LogP contribution in [0.15, 0.2) is 24.3 Å². The van der Waals surface area contributed by atoms with Crippen molar-refractivity contribution in [1.82, 2.24) is 10.2 Å². The van der Waals surface area contributed by atoms with Gasteiger partial charge in [-0.2, -0.15) is 0 Å². The number of amides is 1. The van der Waals surface area contributed by atoms with Crippen LogP contribution in [0.2, 0.25) is 0 Å². The van der Waals surface area contributed by atoms with E-state index in [1.807, 2.05) is 0 Å². The molecule has 21 heavy (non-hydrogen) atoms. The Labute approximate surface area is 124 Å². The van der Waals surface area contributed by atoms with Gasteiger partial charge in [0, 0.05) is 12.6 Å². The first-order chi connectivity index (χ1) is 9.85. The molecule has 1 aliphatic heterocycles. The van der Waals surface area contributed by atoms with Crippen molar-refractivity contribution in [1.29, 1.82) is 0 Å². The van der Waals surface area contributed by atoms with Crippen LogP contribution in [0.25, 0.3) is 0 Å². The number of rotatable bonds is 5. The quantitative estimate of drug-likeness (QED) is 0.862. The molecule has 1 aliphatic rings. The maximum absolute atomic E-state index is 12.7. The van der Waals surface area contributed by atoms with E-state index in [0.29, 0.717) is 13.0 Å². The van der Waals surface area contributed by atoms with Crippen molar-refractivity contribution >= 4 is 15.7 Å². The summed E-state index contributed by atoms with van der Waals surface area (Å²) in [6, 6.07) is 5.83. The summed E-state index contributed by atoms with van der Waals surface area (Å²) in [4.78, 5) is 13.6. The summed E-state index contributed by atoms with van der Waals surface area (Å²) in [5.41, 5.74) is 0.816. The zero-order valence-corrected chi connectivity index (χ0v) is 12.7. The molecule has 5 nitrogen and oxygen atoms in total. The van der Waals surface area contributed by atoms with Gasteiger partial charge < -0.3 is 5.32 Å². The molecular formula is C14H19FN2O3S. The van der Waals surface area contributed by atoms with Gasteiger partial charge in [0.15, 0.2) is 9.84 Å². The summed E-state index contributed by atoms with van der Waals surface area (Å²) in [5, 5.41) is 2.74. The Kier molecular flexibility index (Phi) is 4.95. The van der Waals surface area contributed by atoms with E-state index in [2.05, 4.69) is 5.32 Å². The topological polar surface area (TPSA) is 66.5 Å². The molecule has 7 heteroatoms. The van der Waals surface area contributed by atoms with Gasteiger partial charge in [-0.3, -0.25) is 9.69 Å². The third-order valence-corrected chi connectivity index (χ3v) is 5.38. The number of hydrogen-bond donors (Lipinski definition) is 1. The highest BCUT2D eigenvalue weighted by Gasteiger charge is 2.31. The number of likely N-dealkylation sites (N-methyl/N-ethyl adjacent to an activating group) is 1. The highest BCUT2D eigenvalue weighted by atomic mass is 32.2. The Hall–Kier alpha value is -1.47. The largest absolute Gasteiger partial charge is 0.351 e. The lowest BCUT2D eigenvalue weighted by Crippen LogP contribution is -2.41. The van der Waals surface area contributed by atoms with Gasteiger partial charge >= 0.3 is 0 Å². The van der Waals surface area contributed by atoms with Crippen LogP contribution in [-0.4, -0.2) is 50.4 Å². The van der Waals surface area contributed by atoms with Crippen molar-refractivity contribution in [2.24, 2.45) is 0 Å². The molecule has 1 aromatic carbocycles. The van der Waals surface area contributed by atoms with E-state index in [1.54, 1.807) is 24.1 Å². The van der Waals surface area contributed by atoms with Crippen LogP contribution in [0.3, 0.4) is 0 Å². The molecule has 1 fully saturated rings. The van der Waals surface area contributed by atoms with E-state index in [9.17, 15) is 17.6 Å². The predicted molar refractivity (Wildman–Crippen MR) is 77.9 cm³/mol. The second-order valence-electron chi connectivity index (χ2n) is 5.38. The maximum atomic E-state index is 12.7. The van der Waals surface area contributed by atoms with E-state index in [4.69, 9.17) is 0 Å². The third kappa shape index (κ3) is 4.78. The third-order valence-electron chi connectivity index (χ3n) is 3.63. The number of hydrogen-bond acceptors (Lipinski definition) is 4. The molecular weight excluding hydrogens is 295 g/mol. The second kappa shape index (κ2) is 6.53. The average Bonchev–Trinajstić information content (AvgIpc) is 2.78. The molecule has 0 aliphatic carbocycles. The summed E-state index contributed by atoms with van der Waals surface area (Å²) in [5.74, 6) is -0.174. The summed E-state index contributed by atoms with van der Waals surface area (Å²) in [6.07, 6.45) is 0.573. The second-order valence-corrected chi connectivity index (χ2v) is 7.60. The first-order valence-electron chi connectivity index (χ1n) is 6.77.